The molecule has 0 bridgehead atoms. The predicted octanol–water partition coefficient (Wildman–Crippen LogP) is 1.19. The molecule has 3 rings (SSSR count). The molecule has 3 amide bonds. The molecule has 2 aliphatic rings. The molecule has 1 saturated carbocycles. The molecule has 6 heteroatoms. The molecule has 0 aromatic heterocycles. The second-order valence-corrected chi connectivity index (χ2v) is 5.88. The number of benzene rings is 1. The Hall–Kier alpha value is -2.37. The van der Waals surface area contributed by atoms with Crippen molar-refractivity contribution in [1.29, 1.82) is 0 Å². The van der Waals surface area contributed by atoms with Crippen molar-refractivity contribution in [3.05, 3.63) is 29.3 Å². The quantitative estimate of drug-likeness (QED) is 0.731. The molecule has 2 fully saturated rings. The van der Waals surface area contributed by atoms with Crippen LogP contribution in [-0.4, -0.2) is 28.9 Å². The Bertz CT molecular complexity index is 637. The maximum Gasteiger partial charge on any atom is 0.255 e. The molecule has 1 aliphatic heterocycles. The monoisotopic (exact) mass is 302 g/mol. The Balaban J connectivity index is 1.69. The lowest BCUT2D eigenvalue weighted by Crippen LogP contribution is -2.52. The van der Waals surface area contributed by atoms with Crippen LogP contribution in [0.3, 0.4) is 0 Å². The van der Waals surface area contributed by atoms with E-state index in [1.165, 1.54) is 6.42 Å². The lowest BCUT2D eigenvalue weighted by Gasteiger charge is -2.26. The van der Waals surface area contributed by atoms with E-state index in [-0.39, 0.29) is 30.1 Å². The molecule has 116 valence electrons. The summed E-state index contributed by atoms with van der Waals surface area (Å²) in [5.74, 6) is -0.946. The van der Waals surface area contributed by atoms with E-state index in [0.29, 0.717) is 5.92 Å². The van der Waals surface area contributed by atoms with Gasteiger partial charge in [0.15, 0.2) is 0 Å². The molecule has 1 aromatic rings. The number of piperidine rings is 1. The smallest absolute Gasteiger partial charge is 0.255 e. The van der Waals surface area contributed by atoms with Gasteiger partial charge in [-0.1, -0.05) is 12.5 Å². The van der Waals surface area contributed by atoms with Crippen molar-refractivity contribution in [2.24, 2.45) is 0 Å². The number of phenols is 1. The Morgan fingerprint density at radius 3 is 2.59 bits per heavy atom. The van der Waals surface area contributed by atoms with Crippen molar-refractivity contribution < 1.29 is 19.5 Å². The molecular weight excluding hydrogens is 284 g/mol. The van der Waals surface area contributed by atoms with E-state index in [1.54, 1.807) is 12.1 Å². The molecule has 22 heavy (non-hydrogen) atoms. The zero-order valence-corrected chi connectivity index (χ0v) is 12.1. The number of hydrogen-bond acceptors (Lipinski definition) is 4. The zero-order valence-electron chi connectivity index (χ0n) is 12.1. The third-order valence-electron chi connectivity index (χ3n) is 4.39. The van der Waals surface area contributed by atoms with Crippen molar-refractivity contribution in [3.63, 3.8) is 0 Å². The number of aromatic hydroxyl groups is 1. The van der Waals surface area contributed by atoms with Crippen molar-refractivity contribution in [2.45, 2.75) is 44.1 Å². The zero-order chi connectivity index (χ0) is 15.7. The first-order valence-electron chi connectivity index (χ1n) is 7.52. The number of hydrogen-bond donors (Lipinski definition) is 3. The average molecular weight is 302 g/mol. The molecule has 1 atom stereocenters. The van der Waals surface area contributed by atoms with Crippen LogP contribution in [-0.2, 0) is 9.59 Å². The minimum absolute atomic E-state index is 0.0748. The van der Waals surface area contributed by atoms with Gasteiger partial charge >= 0.3 is 0 Å². The highest BCUT2D eigenvalue weighted by atomic mass is 16.3. The summed E-state index contributed by atoms with van der Waals surface area (Å²) >= 11 is 0. The average Bonchev–Trinajstić information content (AvgIpc) is 2.40. The number of imide groups is 1. The molecule has 1 saturated heterocycles. The first kappa shape index (κ1) is 14.6. The van der Waals surface area contributed by atoms with Crippen molar-refractivity contribution in [2.75, 3.05) is 0 Å². The fraction of sp³-hybridized carbons (Fsp3) is 0.438. The summed E-state index contributed by atoms with van der Waals surface area (Å²) in [6, 6.07) is 4.33. The molecule has 0 radical (unpaired) electrons. The van der Waals surface area contributed by atoms with Crippen LogP contribution in [0.25, 0.3) is 0 Å². The van der Waals surface area contributed by atoms with Gasteiger partial charge in [0.05, 0.1) is 5.56 Å². The fourth-order valence-corrected chi connectivity index (χ4v) is 2.80. The fourth-order valence-electron chi connectivity index (χ4n) is 2.80. The molecule has 1 heterocycles. The van der Waals surface area contributed by atoms with Gasteiger partial charge in [0, 0.05) is 6.42 Å². The van der Waals surface area contributed by atoms with E-state index in [0.717, 1.165) is 18.4 Å². The summed E-state index contributed by atoms with van der Waals surface area (Å²) in [4.78, 5) is 34.9. The van der Waals surface area contributed by atoms with Crippen molar-refractivity contribution in [1.82, 2.24) is 10.6 Å². The third-order valence-corrected chi connectivity index (χ3v) is 4.39. The third kappa shape index (κ3) is 2.81. The van der Waals surface area contributed by atoms with E-state index in [4.69, 9.17) is 0 Å². The van der Waals surface area contributed by atoms with Gasteiger partial charge in [0.2, 0.25) is 11.8 Å². The van der Waals surface area contributed by atoms with Gasteiger partial charge in [-0.05, 0) is 42.9 Å². The Morgan fingerprint density at radius 1 is 1.23 bits per heavy atom. The normalized spacial score (nSPS) is 21.9. The first-order valence-corrected chi connectivity index (χ1v) is 7.52. The second-order valence-electron chi connectivity index (χ2n) is 5.88. The molecule has 1 aromatic carbocycles. The summed E-state index contributed by atoms with van der Waals surface area (Å²) in [6.45, 7) is 0. The minimum atomic E-state index is -0.740. The summed E-state index contributed by atoms with van der Waals surface area (Å²) in [5.41, 5.74) is 1.19. The molecule has 3 N–H and O–H groups in total. The van der Waals surface area contributed by atoms with Gasteiger partial charge < -0.3 is 10.4 Å². The van der Waals surface area contributed by atoms with Crippen LogP contribution in [0.1, 0.15) is 53.9 Å². The van der Waals surface area contributed by atoms with E-state index in [2.05, 4.69) is 10.6 Å². The number of carbonyl (C=O) groups excluding carboxylic acids is 3. The van der Waals surface area contributed by atoms with Gasteiger partial charge in [-0.2, -0.15) is 0 Å². The highest BCUT2D eigenvalue weighted by Gasteiger charge is 2.29. The van der Waals surface area contributed by atoms with Crippen molar-refractivity contribution in [3.8, 4) is 5.75 Å². The topological polar surface area (TPSA) is 95.5 Å². The summed E-state index contributed by atoms with van der Waals surface area (Å²) in [7, 11) is 0. The maximum absolute atomic E-state index is 12.2. The van der Waals surface area contributed by atoms with E-state index < -0.39 is 17.9 Å². The largest absolute Gasteiger partial charge is 0.507 e. The summed E-state index contributed by atoms with van der Waals surface area (Å²) in [5, 5.41) is 14.8. The van der Waals surface area contributed by atoms with Gasteiger partial charge in [-0.3, -0.25) is 19.7 Å². The van der Waals surface area contributed by atoms with Gasteiger partial charge in [0.1, 0.15) is 11.8 Å². The van der Waals surface area contributed by atoms with Gasteiger partial charge in [-0.25, -0.2) is 0 Å². The SMILES string of the molecule is O=C1CCC(NC(=O)c2ccc(C3CCC3)cc2O)C(=O)N1. The predicted molar refractivity (Wildman–Crippen MR) is 78.3 cm³/mol. The van der Waals surface area contributed by atoms with Gasteiger partial charge in [-0.15, -0.1) is 0 Å². The second kappa shape index (κ2) is 5.79. The summed E-state index contributed by atoms with van der Waals surface area (Å²) < 4.78 is 0. The molecule has 1 aliphatic carbocycles. The van der Waals surface area contributed by atoms with Crippen LogP contribution < -0.4 is 10.6 Å². The molecular formula is C16H18N2O4. The molecule has 6 nitrogen and oxygen atoms in total. The maximum atomic E-state index is 12.2. The number of nitrogens with one attached hydrogen (secondary N) is 2. The minimum Gasteiger partial charge on any atom is -0.507 e. The number of rotatable bonds is 3. The summed E-state index contributed by atoms with van der Waals surface area (Å²) in [6.07, 6.45) is 3.90. The van der Waals surface area contributed by atoms with Crippen LogP contribution in [0, 0.1) is 0 Å². The standard InChI is InChI=1S/C16H18N2O4/c19-13-8-10(9-2-1-3-9)4-5-11(13)15(21)17-12-6-7-14(20)18-16(12)22/h4-5,8-9,12,19H,1-3,6-7H2,(H,17,21)(H,18,20,22). The first-order chi connectivity index (χ1) is 10.5. The Morgan fingerprint density at radius 2 is 2.00 bits per heavy atom. The number of amides is 3. The molecule has 1 unspecified atom stereocenters. The lowest BCUT2D eigenvalue weighted by molar-refractivity contribution is -0.134. The van der Waals surface area contributed by atoms with Gasteiger partial charge in [0.25, 0.3) is 5.91 Å². The lowest BCUT2D eigenvalue weighted by atomic mass is 9.80. The van der Waals surface area contributed by atoms with E-state index in [9.17, 15) is 19.5 Å². The van der Waals surface area contributed by atoms with E-state index in [1.807, 2.05) is 6.07 Å². The molecule has 0 spiro atoms. The highest BCUT2D eigenvalue weighted by Crippen LogP contribution is 2.38. The van der Waals surface area contributed by atoms with Crippen molar-refractivity contribution >= 4 is 17.7 Å². The number of carbonyl (C=O) groups is 3. The van der Waals surface area contributed by atoms with E-state index >= 15 is 0 Å². The number of phenolic OH excluding ortho intramolecular Hbond substituents is 1. The van der Waals surface area contributed by atoms with Crippen LogP contribution in [0.2, 0.25) is 0 Å². The van der Waals surface area contributed by atoms with Crippen LogP contribution in [0.15, 0.2) is 18.2 Å². The Labute approximate surface area is 127 Å². The highest BCUT2D eigenvalue weighted by molar-refractivity contribution is 6.04. The van der Waals surface area contributed by atoms with Crippen LogP contribution in [0.4, 0.5) is 0 Å². The van der Waals surface area contributed by atoms with Crippen LogP contribution in [0.5, 0.6) is 5.75 Å². The Kier molecular flexibility index (Phi) is 3.83. The van der Waals surface area contributed by atoms with Crippen LogP contribution >= 0.6 is 0 Å².